The van der Waals surface area contributed by atoms with Crippen molar-refractivity contribution in [2.75, 3.05) is 13.1 Å². The number of rotatable bonds is 2. The third-order valence-electron chi connectivity index (χ3n) is 4.87. The molecule has 0 aromatic heterocycles. The molecule has 2 N–H and O–H groups in total. The third kappa shape index (κ3) is 2.67. The first kappa shape index (κ1) is 13.1. The number of halogens is 1. The molecule has 1 saturated heterocycles. The Morgan fingerprint density at radius 3 is 2.89 bits per heavy atom. The van der Waals surface area contributed by atoms with E-state index in [2.05, 4.69) is 4.90 Å². The minimum Gasteiger partial charge on any atom is -0.327 e. The molecule has 3 heteroatoms. The van der Waals surface area contributed by atoms with Crippen LogP contribution in [0.2, 0.25) is 0 Å². The molecule has 0 spiro atoms. The van der Waals surface area contributed by atoms with E-state index in [0.717, 1.165) is 36.7 Å². The number of nitrogens with two attached hydrogens (primary N) is 1. The average molecular weight is 262 g/mol. The number of fused-ring (bicyclic) bond motifs is 1. The lowest BCUT2D eigenvalue weighted by molar-refractivity contribution is 0.259. The molecule has 1 aromatic rings. The van der Waals surface area contributed by atoms with Gasteiger partial charge in [-0.15, -0.1) is 0 Å². The van der Waals surface area contributed by atoms with E-state index >= 15 is 0 Å². The van der Waals surface area contributed by atoms with Crippen LogP contribution >= 0.6 is 0 Å². The second-order valence-corrected chi connectivity index (χ2v) is 6.30. The lowest BCUT2D eigenvalue weighted by atomic mass is 9.78. The Kier molecular flexibility index (Phi) is 3.59. The fraction of sp³-hybridized carbons (Fsp3) is 0.625. The molecule has 0 radical (unpaired) electrons. The third-order valence-corrected chi connectivity index (χ3v) is 4.87. The number of aryl methyl sites for hydroxylation is 1. The monoisotopic (exact) mass is 262 g/mol. The number of hydrogen-bond acceptors (Lipinski definition) is 2. The summed E-state index contributed by atoms with van der Waals surface area (Å²) < 4.78 is 13.6. The van der Waals surface area contributed by atoms with Crippen LogP contribution in [-0.4, -0.2) is 24.0 Å². The maximum absolute atomic E-state index is 13.6. The lowest BCUT2D eigenvalue weighted by Gasteiger charge is -2.29. The van der Waals surface area contributed by atoms with E-state index < -0.39 is 0 Å². The van der Waals surface area contributed by atoms with Gasteiger partial charge in [0.05, 0.1) is 0 Å². The summed E-state index contributed by atoms with van der Waals surface area (Å²) in [5.74, 6) is 1.33. The molecule has 3 rings (SSSR count). The van der Waals surface area contributed by atoms with Crippen LogP contribution in [0.15, 0.2) is 18.2 Å². The van der Waals surface area contributed by atoms with Gasteiger partial charge in [-0.2, -0.15) is 0 Å². The molecule has 1 aliphatic carbocycles. The predicted molar refractivity (Wildman–Crippen MR) is 75.2 cm³/mol. The minimum absolute atomic E-state index is 0.0918. The highest BCUT2D eigenvalue weighted by Crippen LogP contribution is 2.36. The molecule has 3 unspecified atom stereocenters. The molecule has 19 heavy (non-hydrogen) atoms. The normalized spacial score (nSPS) is 31.4. The van der Waals surface area contributed by atoms with E-state index in [9.17, 15) is 4.39 Å². The fourth-order valence-corrected chi connectivity index (χ4v) is 3.73. The predicted octanol–water partition coefficient (Wildman–Crippen LogP) is 2.69. The Bertz CT molecular complexity index is 460. The Morgan fingerprint density at radius 2 is 2.16 bits per heavy atom. The summed E-state index contributed by atoms with van der Waals surface area (Å²) in [5.41, 5.74) is 8.03. The molecular weight excluding hydrogens is 239 g/mol. The Morgan fingerprint density at radius 1 is 1.32 bits per heavy atom. The molecule has 2 fully saturated rings. The number of benzene rings is 1. The molecule has 0 bridgehead atoms. The molecule has 1 aliphatic heterocycles. The van der Waals surface area contributed by atoms with E-state index in [1.807, 2.05) is 19.1 Å². The van der Waals surface area contributed by atoms with E-state index in [1.165, 1.54) is 19.3 Å². The summed E-state index contributed by atoms with van der Waals surface area (Å²) in [5, 5.41) is 0. The van der Waals surface area contributed by atoms with Gasteiger partial charge in [0.2, 0.25) is 0 Å². The maximum atomic E-state index is 13.6. The Labute approximate surface area is 114 Å². The zero-order chi connectivity index (χ0) is 13.4. The van der Waals surface area contributed by atoms with Crippen molar-refractivity contribution in [2.45, 2.75) is 38.8 Å². The standard InChI is InChI=1S/C16H23FN2/c1-11-5-6-12(7-15(11)17)8-19-9-13-3-2-4-16(18)14(13)10-19/h5-7,13-14,16H,2-4,8-10,18H2,1H3. The zero-order valence-electron chi connectivity index (χ0n) is 11.6. The van der Waals surface area contributed by atoms with Gasteiger partial charge in [0.1, 0.15) is 5.82 Å². The molecule has 104 valence electrons. The SMILES string of the molecule is Cc1ccc(CN2CC3CCCC(N)C3C2)cc1F. The van der Waals surface area contributed by atoms with Crippen LogP contribution in [0.1, 0.15) is 30.4 Å². The van der Waals surface area contributed by atoms with Gasteiger partial charge >= 0.3 is 0 Å². The van der Waals surface area contributed by atoms with Crippen molar-refractivity contribution < 1.29 is 4.39 Å². The summed E-state index contributed by atoms with van der Waals surface area (Å²) >= 11 is 0. The van der Waals surface area contributed by atoms with Crippen LogP contribution in [0, 0.1) is 24.6 Å². The van der Waals surface area contributed by atoms with Gasteiger partial charge < -0.3 is 5.73 Å². The van der Waals surface area contributed by atoms with Crippen molar-refractivity contribution in [3.05, 3.63) is 35.1 Å². The van der Waals surface area contributed by atoms with Crippen LogP contribution in [-0.2, 0) is 6.54 Å². The maximum Gasteiger partial charge on any atom is 0.126 e. The first-order valence-corrected chi connectivity index (χ1v) is 7.36. The molecule has 2 nitrogen and oxygen atoms in total. The molecule has 1 aromatic carbocycles. The fourth-order valence-electron chi connectivity index (χ4n) is 3.73. The Balaban J connectivity index is 1.66. The number of hydrogen-bond donors (Lipinski definition) is 1. The quantitative estimate of drug-likeness (QED) is 0.888. The van der Waals surface area contributed by atoms with E-state index in [1.54, 1.807) is 6.07 Å². The molecule has 1 heterocycles. The second kappa shape index (κ2) is 5.22. The molecule has 1 saturated carbocycles. The summed E-state index contributed by atoms with van der Waals surface area (Å²) in [7, 11) is 0. The Hall–Kier alpha value is -0.930. The first-order chi connectivity index (χ1) is 9.13. The van der Waals surface area contributed by atoms with Crippen LogP contribution in [0.25, 0.3) is 0 Å². The highest BCUT2D eigenvalue weighted by Gasteiger charge is 2.38. The van der Waals surface area contributed by atoms with Gasteiger partial charge in [-0.3, -0.25) is 4.90 Å². The second-order valence-electron chi connectivity index (χ2n) is 6.30. The topological polar surface area (TPSA) is 29.3 Å². The lowest BCUT2D eigenvalue weighted by Crippen LogP contribution is -2.38. The van der Waals surface area contributed by atoms with Crippen molar-refractivity contribution in [3.8, 4) is 0 Å². The van der Waals surface area contributed by atoms with Crippen molar-refractivity contribution >= 4 is 0 Å². The van der Waals surface area contributed by atoms with Gasteiger partial charge in [0, 0.05) is 25.7 Å². The summed E-state index contributed by atoms with van der Waals surface area (Å²) in [4.78, 5) is 2.45. The minimum atomic E-state index is -0.0918. The van der Waals surface area contributed by atoms with Gasteiger partial charge in [-0.25, -0.2) is 4.39 Å². The summed E-state index contributed by atoms with van der Waals surface area (Å²) in [6, 6.07) is 5.97. The van der Waals surface area contributed by atoms with Crippen LogP contribution < -0.4 is 5.73 Å². The largest absolute Gasteiger partial charge is 0.327 e. The van der Waals surface area contributed by atoms with E-state index in [-0.39, 0.29) is 5.82 Å². The van der Waals surface area contributed by atoms with E-state index in [0.29, 0.717) is 12.0 Å². The van der Waals surface area contributed by atoms with Crippen molar-refractivity contribution in [3.63, 3.8) is 0 Å². The van der Waals surface area contributed by atoms with Crippen molar-refractivity contribution in [1.29, 1.82) is 0 Å². The molecule has 3 atom stereocenters. The van der Waals surface area contributed by atoms with Gasteiger partial charge in [-0.05, 0) is 48.8 Å². The van der Waals surface area contributed by atoms with E-state index in [4.69, 9.17) is 5.73 Å². The molecular formula is C16H23FN2. The number of nitrogens with zero attached hydrogens (tertiary/aromatic N) is 1. The van der Waals surface area contributed by atoms with Crippen LogP contribution in [0.3, 0.4) is 0 Å². The smallest absolute Gasteiger partial charge is 0.126 e. The van der Waals surface area contributed by atoms with Crippen LogP contribution in [0.5, 0.6) is 0 Å². The summed E-state index contributed by atoms with van der Waals surface area (Å²) in [6.07, 6.45) is 3.76. The number of likely N-dealkylation sites (tertiary alicyclic amines) is 1. The first-order valence-electron chi connectivity index (χ1n) is 7.36. The van der Waals surface area contributed by atoms with Crippen molar-refractivity contribution in [2.24, 2.45) is 17.6 Å². The average Bonchev–Trinajstić information content (AvgIpc) is 2.78. The molecule has 2 aliphatic rings. The summed E-state index contributed by atoms with van der Waals surface area (Å²) in [6.45, 7) is 4.88. The highest BCUT2D eigenvalue weighted by atomic mass is 19.1. The van der Waals surface area contributed by atoms with Gasteiger partial charge in [0.25, 0.3) is 0 Å². The van der Waals surface area contributed by atoms with Gasteiger partial charge in [-0.1, -0.05) is 18.6 Å². The van der Waals surface area contributed by atoms with Crippen molar-refractivity contribution in [1.82, 2.24) is 4.90 Å². The highest BCUT2D eigenvalue weighted by molar-refractivity contribution is 5.23. The zero-order valence-corrected chi connectivity index (χ0v) is 11.6. The molecule has 0 amide bonds. The van der Waals surface area contributed by atoms with Gasteiger partial charge in [0.15, 0.2) is 0 Å². The van der Waals surface area contributed by atoms with Crippen LogP contribution in [0.4, 0.5) is 4.39 Å².